The molecule has 1 saturated heterocycles. The Balaban J connectivity index is 1.58. The molecule has 238 valence electrons. The first-order chi connectivity index (χ1) is 20.6. The second-order valence-corrected chi connectivity index (χ2v) is 15.5. The standard InChI is InChI=1S/C39H60BBrO2/c1-7-9-11-13-15-17-19-21-27-39(28-22-20-18-16-14-12-10-8-2)35-29-31(40-42-37(3,4)38(5,6)43-40)23-25-33(35)34-26-24-32(41)30-36(34)39/h23-26,29-30H,7-22,27-28H2,1-6H3. The Morgan fingerprint density at radius 1 is 0.558 bits per heavy atom. The van der Waals surface area contributed by atoms with Crippen molar-refractivity contribution in [3.63, 3.8) is 0 Å². The maximum absolute atomic E-state index is 6.55. The fraction of sp³-hybridized carbons (Fsp3) is 0.692. The molecule has 0 amide bonds. The molecule has 0 radical (unpaired) electrons. The first kappa shape index (κ1) is 34.8. The molecule has 2 nitrogen and oxygen atoms in total. The van der Waals surface area contributed by atoms with Crippen molar-refractivity contribution in [2.24, 2.45) is 0 Å². The monoisotopic (exact) mass is 650 g/mol. The van der Waals surface area contributed by atoms with Crippen LogP contribution < -0.4 is 5.46 Å². The highest BCUT2D eigenvalue weighted by molar-refractivity contribution is 9.10. The molecule has 43 heavy (non-hydrogen) atoms. The van der Waals surface area contributed by atoms with Gasteiger partial charge in [0, 0.05) is 9.89 Å². The van der Waals surface area contributed by atoms with Crippen molar-refractivity contribution in [2.75, 3.05) is 0 Å². The van der Waals surface area contributed by atoms with E-state index in [0.717, 1.165) is 0 Å². The van der Waals surface area contributed by atoms with E-state index in [1.807, 2.05) is 0 Å². The minimum atomic E-state index is -0.337. The Hall–Kier alpha value is -1.10. The number of fused-ring (bicyclic) bond motifs is 3. The molecule has 0 unspecified atom stereocenters. The van der Waals surface area contributed by atoms with Gasteiger partial charge in [-0.1, -0.05) is 157 Å². The zero-order chi connectivity index (χ0) is 30.9. The van der Waals surface area contributed by atoms with Crippen molar-refractivity contribution in [1.29, 1.82) is 0 Å². The molecule has 4 rings (SSSR count). The Labute approximate surface area is 273 Å². The summed E-state index contributed by atoms with van der Waals surface area (Å²) in [7, 11) is -0.324. The lowest BCUT2D eigenvalue weighted by Gasteiger charge is -2.33. The second-order valence-electron chi connectivity index (χ2n) is 14.6. The molecule has 0 atom stereocenters. The van der Waals surface area contributed by atoms with Gasteiger partial charge in [0.15, 0.2) is 0 Å². The average molecular weight is 652 g/mol. The summed E-state index contributed by atoms with van der Waals surface area (Å²) in [6, 6.07) is 14.1. The zero-order valence-corrected chi connectivity index (χ0v) is 30.0. The van der Waals surface area contributed by atoms with Crippen LogP contribution in [0.5, 0.6) is 0 Å². The number of rotatable bonds is 19. The van der Waals surface area contributed by atoms with Gasteiger partial charge in [0.25, 0.3) is 0 Å². The lowest BCUT2D eigenvalue weighted by atomic mass is 9.68. The Morgan fingerprint density at radius 2 is 0.977 bits per heavy atom. The first-order valence-corrected chi connectivity index (χ1v) is 18.7. The van der Waals surface area contributed by atoms with E-state index in [1.165, 1.54) is 148 Å². The quantitative estimate of drug-likeness (QED) is 0.111. The molecule has 0 saturated carbocycles. The molecule has 0 bridgehead atoms. The molecule has 0 spiro atoms. The third-order valence-corrected chi connectivity index (χ3v) is 11.3. The zero-order valence-electron chi connectivity index (χ0n) is 28.5. The van der Waals surface area contributed by atoms with Gasteiger partial charge >= 0.3 is 7.12 Å². The van der Waals surface area contributed by atoms with Gasteiger partial charge in [-0.25, -0.2) is 0 Å². The van der Waals surface area contributed by atoms with Crippen molar-refractivity contribution in [3.05, 3.63) is 52.0 Å². The maximum atomic E-state index is 6.55. The van der Waals surface area contributed by atoms with Gasteiger partial charge < -0.3 is 9.31 Å². The molecule has 2 aromatic rings. The van der Waals surface area contributed by atoms with Crippen molar-refractivity contribution < 1.29 is 9.31 Å². The van der Waals surface area contributed by atoms with Crippen LogP contribution in [-0.2, 0) is 14.7 Å². The van der Waals surface area contributed by atoms with Gasteiger partial charge in [0.2, 0.25) is 0 Å². The third kappa shape index (κ3) is 8.39. The van der Waals surface area contributed by atoms with Gasteiger partial charge in [-0.3, -0.25) is 0 Å². The molecule has 1 fully saturated rings. The summed E-state index contributed by atoms with van der Waals surface area (Å²) in [5, 5.41) is 0. The SMILES string of the molecule is CCCCCCCCCCC1(CCCCCCCCCC)c2cc(Br)ccc2-c2ccc(B3OC(C)(C)C(C)(C)O3)cc21. The van der Waals surface area contributed by atoms with E-state index in [9.17, 15) is 0 Å². The van der Waals surface area contributed by atoms with Crippen molar-refractivity contribution in [1.82, 2.24) is 0 Å². The normalized spacial score (nSPS) is 17.8. The van der Waals surface area contributed by atoms with Crippen molar-refractivity contribution in [3.8, 4) is 11.1 Å². The Bertz CT molecular complexity index is 1120. The number of unbranched alkanes of at least 4 members (excludes halogenated alkanes) is 14. The molecule has 1 aliphatic heterocycles. The molecule has 0 N–H and O–H groups in total. The lowest BCUT2D eigenvalue weighted by Crippen LogP contribution is -2.41. The molecule has 2 aromatic carbocycles. The van der Waals surface area contributed by atoms with Crippen LogP contribution in [0.2, 0.25) is 0 Å². The summed E-state index contributed by atoms with van der Waals surface area (Å²) in [6.45, 7) is 13.2. The fourth-order valence-corrected chi connectivity index (χ4v) is 7.76. The fourth-order valence-electron chi connectivity index (χ4n) is 7.40. The summed E-state index contributed by atoms with van der Waals surface area (Å²) < 4.78 is 14.3. The molecule has 0 aromatic heterocycles. The summed E-state index contributed by atoms with van der Waals surface area (Å²) in [4.78, 5) is 0. The summed E-state index contributed by atoms with van der Waals surface area (Å²) in [5.41, 5.74) is 6.44. The topological polar surface area (TPSA) is 18.5 Å². The van der Waals surface area contributed by atoms with E-state index >= 15 is 0 Å². The van der Waals surface area contributed by atoms with Crippen LogP contribution in [0.1, 0.15) is 168 Å². The van der Waals surface area contributed by atoms with Crippen molar-refractivity contribution in [2.45, 2.75) is 174 Å². The maximum Gasteiger partial charge on any atom is 0.494 e. The van der Waals surface area contributed by atoms with E-state index in [0.29, 0.717) is 0 Å². The molecular formula is C39H60BBrO2. The summed E-state index contributed by atoms with van der Waals surface area (Å²) >= 11 is 3.86. The predicted octanol–water partition coefficient (Wildman–Crippen LogP) is 12.1. The van der Waals surface area contributed by atoms with Crippen LogP contribution in [0.4, 0.5) is 0 Å². The van der Waals surface area contributed by atoms with Gasteiger partial charge in [-0.15, -0.1) is 0 Å². The average Bonchev–Trinajstić information content (AvgIpc) is 3.36. The lowest BCUT2D eigenvalue weighted by molar-refractivity contribution is 0.00578. The van der Waals surface area contributed by atoms with Crippen LogP contribution in [0.15, 0.2) is 40.9 Å². The van der Waals surface area contributed by atoms with Gasteiger partial charge in [0.1, 0.15) is 0 Å². The first-order valence-electron chi connectivity index (χ1n) is 18.0. The summed E-state index contributed by atoms with van der Waals surface area (Å²) in [6.07, 6.45) is 24.2. The highest BCUT2D eigenvalue weighted by atomic mass is 79.9. The van der Waals surface area contributed by atoms with E-state index in [-0.39, 0.29) is 23.7 Å². The minimum absolute atomic E-state index is 0.0541. The Kier molecular flexibility index (Phi) is 12.9. The number of halogens is 1. The summed E-state index contributed by atoms with van der Waals surface area (Å²) in [5.74, 6) is 0. The highest BCUT2D eigenvalue weighted by Gasteiger charge is 2.52. The number of hydrogen-bond donors (Lipinski definition) is 0. The largest absolute Gasteiger partial charge is 0.494 e. The van der Waals surface area contributed by atoms with Crippen LogP contribution >= 0.6 is 15.9 Å². The Morgan fingerprint density at radius 3 is 1.47 bits per heavy atom. The van der Waals surface area contributed by atoms with Gasteiger partial charge in [-0.05, 0) is 80.4 Å². The molecular weight excluding hydrogens is 591 g/mol. The molecule has 2 aliphatic rings. The molecule has 4 heteroatoms. The van der Waals surface area contributed by atoms with Crippen LogP contribution in [0.25, 0.3) is 11.1 Å². The number of hydrogen-bond acceptors (Lipinski definition) is 2. The smallest absolute Gasteiger partial charge is 0.399 e. The van der Waals surface area contributed by atoms with Gasteiger partial charge in [-0.2, -0.15) is 0 Å². The van der Waals surface area contributed by atoms with E-state index in [2.05, 4.69) is 93.9 Å². The van der Waals surface area contributed by atoms with Crippen LogP contribution in [0.3, 0.4) is 0 Å². The minimum Gasteiger partial charge on any atom is -0.399 e. The van der Waals surface area contributed by atoms with E-state index in [4.69, 9.17) is 9.31 Å². The molecule has 1 aliphatic carbocycles. The third-order valence-electron chi connectivity index (χ3n) is 10.8. The predicted molar refractivity (Wildman–Crippen MR) is 191 cm³/mol. The van der Waals surface area contributed by atoms with Crippen molar-refractivity contribution >= 4 is 28.5 Å². The second kappa shape index (κ2) is 15.9. The highest BCUT2D eigenvalue weighted by Crippen LogP contribution is 2.54. The van der Waals surface area contributed by atoms with Crippen LogP contribution in [-0.4, -0.2) is 18.3 Å². The van der Waals surface area contributed by atoms with E-state index < -0.39 is 0 Å². The van der Waals surface area contributed by atoms with E-state index in [1.54, 1.807) is 0 Å². The van der Waals surface area contributed by atoms with Gasteiger partial charge in [0.05, 0.1) is 11.2 Å². The van der Waals surface area contributed by atoms with Crippen LogP contribution in [0, 0.1) is 0 Å². The number of benzene rings is 2. The molecule has 1 heterocycles.